The van der Waals surface area contributed by atoms with Crippen LogP contribution in [0.15, 0.2) is 30.3 Å². The Morgan fingerprint density at radius 2 is 2.00 bits per heavy atom. The summed E-state index contributed by atoms with van der Waals surface area (Å²) in [7, 11) is 0. The zero-order chi connectivity index (χ0) is 14.4. The van der Waals surface area contributed by atoms with Crippen LogP contribution in [0.2, 0.25) is 0 Å². The van der Waals surface area contributed by atoms with Crippen molar-refractivity contribution in [1.29, 1.82) is 0 Å². The van der Waals surface area contributed by atoms with Crippen molar-refractivity contribution in [1.82, 2.24) is 10.2 Å². The zero-order valence-electron chi connectivity index (χ0n) is 12.7. The molecule has 1 aromatic carbocycles. The maximum absolute atomic E-state index is 12.3. The van der Waals surface area contributed by atoms with E-state index < -0.39 is 0 Å². The fourth-order valence-corrected chi connectivity index (χ4v) is 2.53. The van der Waals surface area contributed by atoms with Crippen LogP contribution in [0.3, 0.4) is 0 Å². The van der Waals surface area contributed by atoms with Gasteiger partial charge in [-0.3, -0.25) is 0 Å². The third-order valence-corrected chi connectivity index (χ3v) is 3.90. The predicted molar refractivity (Wildman–Crippen MR) is 86.7 cm³/mol. The monoisotopic (exact) mass is 312 g/mol. The van der Waals surface area contributed by atoms with E-state index in [0.717, 1.165) is 31.5 Å². The van der Waals surface area contributed by atoms with Gasteiger partial charge in [-0.15, -0.1) is 12.4 Å². The van der Waals surface area contributed by atoms with E-state index in [4.69, 9.17) is 4.74 Å². The van der Waals surface area contributed by atoms with Gasteiger partial charge in [0.1, 0.15) is 6.61 Å². The average Bonchev–Trinajstić information content (AvgIpc) is 2.52. The van der Waals surface area contributed by atoms with Gasteiger partial charge in [0.15, 0.2) is 0 Å². The van der Waals surface area contributed by atoms with Crippen LogP contribution in [-0.4, -0.2) is 36.2 Å². The topological polar surface area (TPSA) is 41.6 Å². The number of hydrogen-bond donors (Lipinski definition) is 1. The molecule has 0 saturated carbocycles. The van der Waals surface area contributed by atoms with Crippen molar-refractivity contribution in [2.75, 3.05) is 13.1 Å². The van der Waals surface area contributed by atoms with E-state index in [1.807, 2.05) is 35.2 Å². The lowest BCUT2D eigenvalue weighted by atomic mass is 10.1. The van der Waals surface area contributed by atoms with Gasteiger partial charge in [-0.05, 0) is 18.4 Å². The summed E-state index contributed by atoms with van der Waals surface area (Å²) < 4.78 is 5.45. The van der Waals surface area contributed by atoms with Gasteiger partial charge in [0.05, 0.1) is 0 Å². The highest BCUT2D eigenvalue weighted by molar-refractivity contribution is 5.85. The first-order valence-electron chi connectivity index (χ1n) is 7.45. The molecule has 1 fully saturated rings. The number of rotatable bonds is 4. The van der Waals surface area contributed by atoms with Gasteiger partial charge in [0, 0.05) is 25.2 Å². The Morgan fingerprint density at radius 1 is 1.29 bits per heavy atom. The molecule has 1 N–H and O–H groups in total. The van der Waals surface area contributed by atoms with Gasteiger partial charge in [-0.2, -0.15) is 0 Å². The number of hydrogen-bond acceptors (Lipinski definition) is 3. The molecule has 5 heteroatoms. The second kappa shape index (κ2) is 8.90. The Kier molecular flexibility index (Phi) is 7.54. The molecule has 4 nitrogen and oxygen atoms in total. The normalized spacial score (nSPS) is 21.5. The van der Waals surface area contributed by atoms with Gasteiger partial charge in [-0.25, -0.2) is 4.79 Å². The van der Waals surface area contributed by atoms with Crippen LogP contribution in [0, 0.1) is 0 Å². The summed E-state index contributed by atoms with van der Waals surface area (Å²) in [6.45, 7) is 6.18. The van der Waals surface area contributed by atoms with Crippen LogP contribution >= 0.6 is 12.4 Å². The molecule has 118 valence electrons. The number of nitrogens with zero attached hydrogens (tertiary/aromatic N) is 1. The summed E-state index contributed by atoms with van der Waals surface area (Å²) in [5.74, 6) is 0. The number of carbonyl (C=O) groups excluding carboxylic acids is 1. The lowest BCUT2D eigenvalue weighted by Gasteiger charge is -2.39. The molecule has 0 radical (unpaired) electrons. The van der Waals surface area contributed by atoms with E-state index in [0.29, 0.717) is 12.6 Å². The molecule has 1 saturated heterocycles. The standard InChI is InChI=1S/C16H24N2O2.ClH/c1-3-14-11-18(15(4-2)10-17-14)16(19)20-12-13-8-6-5-7-9-13;/h5-9,14-15,17H,3-4,10-12H2,1-2H3;1H. The Labute approximate surface area is 133 Å². The summed E-state index contributed by atoms with van der Waals surface area (Å²) in [5, 5.41) is 3.48. The van der Waals surface area contributed by atoms with E-state index in [1.54, 1.807) is 0 Å². The van der Waals surface area contributed by atoms with Gasteiger partial charge in [0.2, 0.25) is 0 Å². The van der Waals surface area contributed by atoms with Crippen molar-refractivity contribution in [2.24, 2.45) is 0 Å². The maximum atomic E-state index is 12.3. The number of benzene rings is 1. The highest BCUT2D eigenvalue weighted by Gasteiger charge is 2.30. The van der Waals surface area contributed by atoms with E-state index in [-0.39, 0.29) is 24.5 Å². The van der Waals surface area contributed by atoms with Crippen LogP contribution in [0.5, 0.6) is 0 Å². The number of halogens is 1. The fourth-order valence-electron chi connectivity index (χ4n) is 2.53. The third kappa shape index (κ3) is 4.90. The van der Waals surface area contributed by atoms with Crippen molar-refractivity contribution < 1.29 is 9.53 Å². The van der Waals surface area contributed by atoms with Crippen LogP contribution < -0.4 is 5.32 Å². The van der Waals surface area contributed by atoms with E-state index >= 15 is 0 Å². The second-order valence-corrected chi connectivity index (χ2v) is 5.27. The van der Waals surface area contributed by atoms with E-state index in [9.17, 15) is 4.79 Å². The number of ether oxygens (including phenoxy) is 1. The van der Waals surface area contributed by atoms with Crippen molar-refractivity contribution in [3.05, 3.63) is 35.9 Å². The van der Waals surface area contributed by atoms with Gasteiger partial charge >= 0.3 is 6.09 Å². The van der Waals surface area contributed by atoms with Gasteiger partial charge in [0.25, 0.3) is 0 Å². The minimum atomic E-state index is -0.194. The predicted octanol–water partition coefficient (Wildman–Crippen LogP) is 3.21. The van der Waals surface area contributed by atoms with Crippen molar-refractivity contribution in [2.45, 2.75) is 45.4 Å². The van der Waals surface area contributed by atoms with Gasteiger partial charge in [-0.1, -0.05) is 44.2 Å². The summed E-state index contributed by atoms with van der Waals surface area (Å²) >= 11 is 0. The van der Waals surface area contributed by atoms with Crippen LogP contribution in [0.25, 0.3) is 0 Å². The Hall–Kier alpha value is -1.26. The number of amides is 1. The van der Waals surface area contributed by atoms with E-state index in [2.05, 4.69) is 19.2 Å². The zero-order valence-corrected chi connectivity index (χ0v) is 13.6. The fraction of sp³-hybridized carbons (Fsp3) is 0.562. The van der Waals surface area contributed by atoms with Crippen LogP contribution in [0.4, 0.5) is 4.79 Å². The van der Waals surface area contributed by atoms with Gasteiger partial charge < -0.3 is 15.0 Å². The summed E-state index contributed by atoms with van der Waals surface area (Å²) in [4.78, 5) is 14.2. The molecule has 1 amide bonds. The molecule has 1 heterocycles. The van der Waals surface area contributed by atoms with Crippen molar-refractivity contribution >= 4 is 18.5 Å². The molecule has 0 spiro atoms. The highest BCUT2D eigenvalue weighted by atomic mass is 35.5. The first kappa shape index (κ1) is 17.8. The first-order chi connectivity index (χ1) is 9.74. The maximum Gasteiger partial charge on any atom is 0.410 e. The first-order valence-corrected chi connectivity index (χ1v) is 7.45. The van der Waals surface area contributed by atoms with Crippen molar-refractivity contribution in [3.8, 4) is 0 Å². The molecule has 2 unspecified atom stereocenters. The summed E-state index contributed by atoms with van der Waals surface area (Å²) in [6, 6.07) is 10.4. The minimum Gasteiger partial charge on any atom is -0.445 e. The molecular weight excluding hydrogens is 288 g/mol. The Balaban J connectivity index is 0.00000220. The molecule has 1 aromatic rings. The molecule has 0 aliphatic carbocycles. The molecule has 21 heavy (non-hydrogen) atoms. The molecule has 1 aliphatic heterocycles. The second-order valence-electron chi connectivity index (χ2n) is 5.27. The Bertz CT molecular complexity index is 428. The Morgan fingerprint density at radius 3 is 2.62 bits per heavy atom. The van der Waals surface area contributed by atoms with Crippen LogP contribution in [0.1, 0.15) is 32.3 Å². The third-order valence-electron chi connectivity index (χ3n) is 3.90. The summed E-state index contributed by atoms with van der Waals surface area (Å²) in [5.41, 5.74) is 1.02. The number of piperazine rings is 1. The average molecular weight is 313 g/mol. The minimum absolute atomic E-state index is 0. The largest absolute Gasteiger partial charge is 0.445 e. The number of nitrogens with one attached hydrogen (secondary N) is 1. The highest BCUT2D eigenvalue weighted by Crippen LogP contribution is 2.14. The lowest BCUT2D eigenvalue weighted by Crippen LogP contribution is -2.57. The lowest BCUT2D eigenvalue weighted by molar-refractivity contribution is 0.0616. The molecule has 0 aromatic heterocycles. The SMILES string of the molecule is CCC1CN(C(=O)OCc2ccccc2)C(CC)CN1.Cl. The summed E-state index contributed by atoms with van der Waals surface area (Å²) in [6.07, 6.45) is 1.78. The van der Waals surface area contributed by atoms with Crippen LogP contribution in [-0.2, 0) is 11.3 Å². The quantitative estimate of drug-likeness (QED) is 0.928. The molecule has 2 atom stereocenters. The molecule has 2 rings (SSSR count). The molecular formula is C16H25ClN2O2. The molecule has 0 bridgehead atoms. The molecule has 1 aliphatic rings. The number of carbonyl (C=O) groups is 1. The smallest absolute Gasteiger partial charge is 0.410 e. The van der Waals surface area contributed by atoms with Crippen molar-refractivity contribution in [3.63, 3.8) is 0 Å². The van der Waals surface area contributed by atoms with E-state index in [1.165, 1.54) is 0 Å².